The molecule has 2 aliphatic rings. The van der Waals surface area contributed by atoms with Crippen molar-refractivity contribution >= 4 is 39.9 Å². The average Bonchev–Trinajstić information content (AvgIpc) is 3.25. The first-order valence-electron chi connectivity index (χ1n) is 11.9. The molecule has 2 aliphatic carbocycles. The third-order valence-corrected chi connectivity index (χ3v) is 9.45. The fourth-order valence-corrected chi connectivity index (χ4v) is 7.21. The molecule has 2 amide bonds. The third kappa shape index (κ3) is 4.63. The van der Waals surface area contributed by atoms with E-state index in [1.54, 1.807) is 13.1 Å². The molecule has 2 aromatic heterocycles. The number of hydrogen-bond acceptors (Lipinski definition) is 7. The summed E-state index contributed by atoms with van der Waals surface area (Å²) >= 11 is 7.30. The van der Waals surface area contributed by atoms with E-state index in [9.17, 15) is 19.8 Å². The van der Waals surface area contributed by atoms with E-state index in [1.165, 1.54) is 28.5 Å². The van der Waals surface area contributed by atoms with E-state index in [0.717, 1.165) is 10.6 Å². The number of amides is 2. The summed E-state index contributed by atoms with van der Waals surface area (Å²) in [6.07, 6.45) is 8.26. The van der Waals surface area contributed by atoms with Crippen LogP contribution in [0.25, 0.3) is 0 Å². The zero-order valence-corrected chi connectivity index (χ0v) is 22.2. The second-order valence-electron chi connectivity index (χ2n) is 10.3. The number of thiazole rings is 1. The summed E-state index contributed by atoms with van der Waals surface area (Å²) < 4.78 is 0. The van der Waals surface area contributed by atoms with Gasteiger partial charge in [0.05, 0.1) is 24.9 Å². The molecule has 1 saturated carbocycles. The Labute approximate surface area is 220 Å². The summed E-state index contributed by atoms with van der Waals surface area (Å²) in [4.78, 5) is 37.2. The number of hydrogen-bond donors (Lipinski definition) is 3. The number of fused-ring (bicyclic) bond motifs is 2. The molecule has 10 heteroatoms. The second-order valence-corrected chi connectivity index (χ2v) is 11.8. The molecule has 2 heterocycles. The Morgan fingerprint density at radius 1 is 1.42 bits per heavy atom. The van der Waals surface area contributed by atoms with Crippen LogP contribution < -0.4 is 5.32 Å². The highest BCUT2D eigenvalue weighted by molar-refractivity contribution is 7.15. The van der Waals surface area contributed by atoms with E-state index >= 15 is 0 Å². The molecule has 0 bridgehead atoms. The molecule has 0 spiro atoms. The van der Waals surface area contributed by atoms with Crippen molar-refractivity contribution < 1.29 is 19.8 Å². The van der Waals surface area contributed by atoms with E-state index < -0.39 is 11.5 Å². The number of nitrogens with zero attached hydrogens (tertiary/aromatic N) is 3. The minimum atomic E-state index is -0.724. The number of halogens is 1. The molecule has 5 atom stereocenters. The summed E-state index contributed by atoms with van der Waals surface area (Å²) in [5.41, 5.74) is 0.0470. The molecule has 0 aromatic carbocycles. The quantitative estimate of drug-likeness (QED) is 0.390. The largest absolute Gasteiger partial charge is 0.396 e. The molecule has 4 rings (SSSR count). The minimum absolute atomic E-state index is 0.0787. The van der Waals surface area contributed by atoms with Crippen molar-refractivity contribution in [1.82, 2.24) is 14.9 Å². The van der Waals surface area contributed by atoms with E-state index in [2.05, 4.69) is 23.1 Å². The molecule has 192 valence electrons. The Bertz CT molecular complexity index is 1210. The third-order valence-electron chi connectivity index (χ3n) is 8.24. The Morgan fingerprint density at radius 3 is 2.83 bits per heavy atom. The van der Waals surface area contributed by atoms with Gasteiger partial charge in [0.25, 0.3) is 5.91 Å². The molecule has 0 radical (unpaired) electrons. The van der Waals surface area contributed by atoms with Gasteiger partial charge in [0.1, 0.15) is 5.15 Å². The number of terminal acetylenes is 1. The van der Waals surface area contributed by atoms with Crippen LogP contribution in [0, 0.1) is 29.1 Å². The van der Waals surface area contributed by atoms with E-state index in [4.69, 9.17) is 23.0 Å². The van der Waals surface area contributed by atoms with Gasteiger partial charge in [-0.2, -0.15) is 0 Å². The van der Waals surface area contributed by atoms with Crippen molar-refractivity contribution in [2.45, 2.75) is 51.6 Å². The van der Waals surface area contributed by atoms with Crippen LogP contribution in [0.4, 0.5) is 5.13 Å². The summed E-state index contributed by atoms with van der Waals surface area (Å²) in [7, 11) is 1.68. The molecule has 0 unspecified atom stereocenters. The number of carbonyl (C=O) groups is 2. The van der Waals surface area contributed by atoms with Gasteiger partial charge in [-0.1, -0.05) is 31.4 Å². The number of aromatic nitrogens is 2. The number of aliphatic hydroxyl groups is 2. The maximum absolute atomic E-state index is 13.1. The van der Waals surface area contributed by atoms with Crippen molar-refractivity contribution in [2.75, 3.05) is 25.5 Å². The molecular formula is C26H31ClN4O4S. The van der Waals surface area contributed by atoms with Crippen molar-refractivity contribution in [1.29, 1.82) is 0 Å². The lowest BCUT2D eigenvalue weighted by Crippen LogP contribution is -2.57. The zero-order chi connectivity index (χ0) is 26.3. The number of anilines is 1. The zero-order valence-electron chi connectivity index (χ0n) is 20.6. The second kappa shape index (κ2) is 10.1. The lowest BCUT2D eigenvalue weighted by atomic mass is 9.47. The monoisotopic (exact) mass is 530 g/mol. The Hall–Kier alpha value is -2.51. The lowest BCUT2D eigenvalue weighted by Gasteiger charge is -2.58. The van der Waals surface area contributed by atoms with Gasteiger partial charge < -0.3 is 15.1 Å². The van der Waals surface area contributed by atoms with Gasteiger partial charge in [-0.15, -0.1) is 17.8 Å². The molecule has 2 aromatic rings. The normalized spacial score (nSPS) is 29.0. The summed E-state index contributed by atoms with van der Waals surface area (Å²) in [5, 5.41) is 24.8. The van der Waals surface area contributed by atoms with Crippen LogP contribution in [0.5, 0.6) is 0 Å². The lowest BCUT2D eigenvalue weighted by molar-refractivity contribution is -0.146. The number of rotatable bonds is 6. The number of pyridine rings is 1. The Morgan fingerprint density at radius 2 is 2.17 bits per heavy atom. The molecular weight excluding hydrogens is 500 g/mol. The Balaban J connectivity index is 1.72. The highest BCUT2D eigenvalue weighted by Gasteiger charge is 2.59. The minimum Gasteiger partial charge on any atom is -0.396 e. The standard InChI is InChI=1S/C26H31ClN4O4S/c1-5-10-31(4)21(34)12-16-22-17(13-18-25(16,2)8-6-19(33)26(18,3)14-32)36-24(29-22)30-23(35)15-7-9-28-20(27)11-15/h1,7,9,11,16,18-19,32-33H,6,8,10,12-14H2,2-4H3,(H,29,30,35)/t16-,18+,19-,25+,26+/m1/s1. The van der Waals surface area contributed by atoms with Crippen LogP contribution in [-0.2, 0) is 11.2 Å². The first-order chi connectivity index (χ1) is 17.0. The van der Waals surface area contributed by atoms with Crippen molar-refractivity contribution in [3.05, 3.63) is 39.6 Å². The topological polar surface area (TPSA) is 116 Å². The molecule has 36 heavy (non-hydrogen) atoms. The number of carbonyl (C=O) groups excluding carboxylic acids is 2. The fraction of sp³-hybridized carbons (Fsp3) is 0.538. The van der Waals surface area contributed by atoms with Crippen LogP contribution in [0.3, 0.4) is 0 Å². The SMILES string of the molecule is C#CCN(C)C(=O)C[C@@H]1c2nc(NC(=O)c3ccnc(Cl)c3)sc2C[C@@H]2[C@](C)(CO)[C@H](O)CC[C@]21C. The predicted molar refractivity (Wildman–Crippen MR) is 139 cm³/mol. The Kier molecular flexibility index (Phi) is 7.45. The van der Waals surface area contributed by atoms with Crippen LogP contribution >= 0.6 is 22.9 Å². The van der Waals surface area contributed by atoms with E-state index in [-0.39, 0.29) is 53.8 Å². The summed E-state index contributed by atoms with van der Waals surface area (Å²) in [5.74, 6) is 1.73. The fourth-order valence-electron chi connectivity index (χ4n) is 5.97. The molecule has 0 saturated heterocycles. The maximum atomic E-state index is 13.1. The molecule has 3 N–H and O–H groups in total. The van der Waals surface area contributed by atoms with Gasteiger partial charge in [-0.05, 0) is 42.7 Å². The van der Waals surface area contributed by atoms with Gasteiger partial charge in [-0.3, -0.25) is 14.9 Å². The summed E-state index contributed by atoms with van der Waals surface area (Å²) in [6.45, 7) is 4.10. The van der Waals surface area contributed by atoms with Gasteiger partial charge >= 0.3 is 0 Å². The van der Waals surface area contributed by atoms with Crippen LogP contribution in [0.1, 0.15) is 60.0 Å². The van der Waals surface area contributed by atoms with Crippen molar-refractivity contribution in [3.8, 4) is 12.3 Å². The van der Waals surface area contributed by atoms with Gasteiger partial charge in [0.2, 0.25) is 5.91 Å². The van der Waals surface area contributed by atoms with Crippen molar-refractivity contribution in [3.63, 3.8) is 0 Å². The van der Waals surface area contributed by atoms with Crippen molar-refractivity contribution in [2.24, 2.45) is 16.7 Å². The number of nitrogens with one attached hydrogen (secondary N) is 1. The van der Waals surface area contributed by atoms with E-state index in [0.29, 0.717) is 30.0 Å². The average molecular weight is 531 g/mol. The van der Waals surface area contributed by atoms with Gasteiger partial charge in [0, 0.05) is 41.4 Å². The summed E-state index contributed by atoms with van der Waals surface area (Å²) in [6, 6.07) is 3.05. The first-order valence-corrected chi connectivity index (χ1v) is 13.1. The maximum Gasteiger partial charge on any atom is 0.257 e. The van der Waals surface area contributed by atoms with Crippen LogP contribution in [0.2, 0.25) is 5.15 Å². The van der Waals surface area contributed by atoms with E-state index in [1.807, 2.05) is 6.92 Å². The molecule has 1 fully saturated rings. The molecule has 8 nitrogen and oxygen atoms in total. The number of aliphatic hydroxyl groups excluding tert-OH is 2. The van der Waals surface area contributed by atoms with Gasteiger partial charge in [0.15, 0.2) is 5.13 Å². The predicted octanol–water partition coefficient (Wildman–Crippen LogP) is 3.34. The highest BCUT2D eigenvalue weighted by atomic mass is 35.5. The van der Waals surface area contributed by atoms with Crippen LogP contribution in [0.15, 0.2) is 18.3 Å². The van der Waals surface area contributed by atoms with Gasteiger partial charge in [-0.25, -0.2) is 9.97 Å². The molecule has 0 aliphatic heterocycles. The smallest absolute Gasteiger partial charge is 0.257 e. The van der Waals surface area contributed by atoms with Crippen LogP contribution in [-0.4, -0.2) is 63.2 Å². The first kappa shape index (κ1) is 26.6. The highest BCUT2D eigenvalue weighted by Crippen LogP contribution is 2.62.